The van der Waals surface area contributed by atoms with Crippen LogP contribution in [0.5, 0.6) is 0 Å². The van der Waals surface area contributed by atoms with Gasteiger partial charge in [0.05, 0.1) is 5.69 Å². The normalized spacial score (nSPS) is 19.4. The average molecular weight is 484 g/mol. The third-order valence-corrected chi connectivity index (χ3v) is 6.72. The molecule has 2 aromatic carbocycles. The van der Waals surface area contributed by atoms with E-state index in [-0.39, 0.29) is 30.2 Å². The lowest BCUT2D eigenvalue weighted by molar-refractivity contribution is -0.138. The van der Waals surface area contributed by atoms with Crippen LogP contribution in [-0.4, -0.2) is 40.7 Å². The number of carbonyl (C=O) groups excluding carboxylic acids is 2. The molecule has 0 saturated heterocycles. The van der Waals surface area contributed by atoms with Crippen molar-refractivity contribution < 1.29 is 28.6 Å². The number of anilines is 2. The predicted molar refractivity (Wildman–Crippen MR) is 129 cm³/mol. The van der Waals surface area contributed by atoms with Crippen LogP contribution < -0.4 is 10.6 Å². The van der Waals surface area contributed by atoms with Gasteiger partial charge in [-0.1, -0.05) is 18.2 Å². The van der Waals surface area contributed by atoms with Crippen LogP contribution in [0.15, 0.2) is 36.4 Å². The average Bonchev–Trinajstić information content (AvgIpc) is 2.82. The Kier molecular flexibility index (Phi) is 7.53. The Bertz CT molecular complexity index is 1090. The number of amides is 3. The Labute approximate surface area is 203 Å². The fourth-order valence-electron chi connectivity index (χ4n) is 4.77. The Morgan fingerprint density at radius 3 is 2.57 bits per heavy atom. The van der Waals surface area contributed by atoms with Crippen LogP contribution in [0.25, 0.3) is 0 Å². The molecule has 1 fully saturated rings. The molecule has 0 bridgehead atoms. The number of nitrogens with one attached hydrogen (secondary N) is 2. The first-order valence-electron chi connectivity index (χ1n) is 11.9. The van der Waals surface area contributed by atoms with Crippen molar-refractivity contribution in [1.29, 1.82) is 0 Å². The van der Waals surface area contributed by atoms with E-state index in [9.17, 15) is 18.8 Å². The quantitative estimate of drug-likeness (QED) is 0.534. The minimum absolute atomic E-state index is 0.146. The van der Waals surface area contributed by atoms with Crippen molar-refractivity contribution in [3.63, 3.8) is 0 Å². The summed E-state index contributed by atoms with van der Waals surface area (Å²) in [4.78, 5) is 37.6. The van der Waals surface area contributed by atoms with E-state index in [2.05, 4.69) is 10.6 Å². The Balaban J connectivity index is 1.29. The van der Waals surface area contributed by atoms with Crippen LogP contribution in [0.4, 0.5) is 25.4 Å². The van der Waals surface area contributed by atoms with Crippen molar-refractivity contribution in [1.82, 2.24) is 4.90 Å². The molecule has 2 aliphatic rings. The number of para-hydroxylation sites is 1. The predicted octanol–water partition coefficient (Wildman–Crippen LogP) is 5.31. The third kappa shape index (κ3) is 6.29. The lowest BCUT2D eigenvalue weighted by Crippen LogP contribution is -2.39. The molecule has 2 aromatic rings. The van der Waals surface area contributed by atoms with E-state index in [0.717, 1.165) is 24.0 Å². The van der Waals surface area contributed by atoms with Crippen LogP contribution in [0.2, 0.25) is 0 Å². The van der Waals surface area contributed by atoms with Crippen LogP contribution in [-0.2, 0) is 22.5 Å². The van der Waals surface area contributed by atoms with Gasteiger partial charge in [0, 0.05) is 25.2 Å². The van der Waals surface area contributed by atoms with E-state index < -0.39 is 17.8 Å². The smallest absolute Gasteiger partial charge is 0.410 e. The monoisotopic (exact) mass is 483 g/mol. The molecule has 4 rings (SSSR count). The van der Waals surface area contributed by atoms with Crippen molar-refractivity contribution >= 4 is 29.5 Å². The number of nitrogens with zero attached hydrogens (tertiary/aromatic N) is 1. The van der Waals surface area contributed by atoms with Gasteiger partial charge in [-0.2, -0.15) is 0 Å². The van der Waals surface area contributed by atoms with Crippen molar-refractivity contribution in [3.05, 3.63) is 58.9 Å². The molecule has 0 unspecified atom stereocenters. The fourth-order valence-corrected chi connectivity index (χ4v) is 4.77. The van der Waals surface area contributed by atoms with E-state index in [1.54, 1.807) is 30.0 Å². The molecule has 0 spiro atoms. The van der Waals surface area contributed by atoms with E-state index in [0.29, 0.717) is 43.6 Å². The van der Waals surface area contributed by atoms with E-state index in [1.165, 1.54) is 6.07 Å². The number of aryl methyl sites for hydroxylation is 1. The highest BCUT2D eigenvalue weighted by molar-refractivity contribution is 6.00. The van der Waals surface area contributed by atoms with Crippen molar-refractivity contribution in [2.75, 3.05) is 17.2 Å². The summed E-state index contributed by atoms with van der Waals surface area (Å²) in [7, 11) is 0. The number of aliphatic carboxylic acids is 1. The second-order valence-electron chi connectivity index (χ2n) is 9.29. The molecule has 35 heavy (non-hydrogen) atoms. The number of carboxylic acid groups (broad SMARTS) is 1. The zero-order chi connectivity index (χ0) is 24.9. The number of fused-ring (bicyclic) bond motifs is 1. The molecule has 3 N–H and O–H groups in total. The first kappa shape index (κ1) is 24.5. The third-order valence-electron chi connectivity index (χ3n) is 6.72. The summed E-state index contributed by atoms with van der Waals surface area (Å²) >= 11 is 0. The highest BCUT2D eigenvalue weighted by Gasteiger charge is 2.28. The fraction of sp³-hybridized carbons (Fsp3) is 0.423. The lowest BCUT2D eigenvalue weighted by atomic mass is 9.85. The van der Waals surface area contributed by atoms with Gasteiger partial charge in [0.25, 0.3) is 0 Å². The second kappa shape index (κ2) is 10.8. The standard InChI is InChI=1S/C26H30FN3O5/c1-16-3-2-4-22(27)24(16)29-25(33)28-20-8-7-19-15-30(12-11-18(19)14-20)26(34)35-21-9-5-17(6-10-21)13-23(31)32/h2-4,7-8,14,17,21H,5-6,9-13,15H2,1H3,(H,31,32)(H2,28,29,33)/t17-,21-. The van der Waals surface area contributed by atoms with Crippen LogP contribution >= 0.6 is 0 Å². The van der Waals surface area contributed by atoms with E-state index in [4.69, 9.17) is 9.84 Å². The molecule has 1 saturated carbocycles. The van der Waals surface area contributed by atoms with Gasteiger partial charge in [0.15, 0.2) is 0 Å². The molecule has 1 aliphatic heterocycles. The van der Waals surface area contributed by atoms with Crippen molar-refractivity contribution in [3.8, 4) is 0 Å². The number of carbonyl (C=O) groups is 3. The van der Waals surface area contributed by atoms with Crippen LogP contribution in [0.1, 0.15) is 48.8 Å². The summed E-state index contributed by atoms with van der Waals surface area (Å²) in [5, 5.41) is 14.2. The van der Waals surface area contributed by atoms with Gasteiger partial charge in [0.2, 0.25) is 0 Å². The summed E-state index contributed by atoms with van der Waals surface area (Å²) < 4.78 is 19.7. The highest BCUT2D eigenvalue weighted by atomic mass is 19.1. The maximum Gasteiger partial charge on any atom is 0.410 e. The molecular formula is C26H30FN3O5. The summed E-state index contributed by atoms with van der Waals surface area (Å²) in [5.74, 6) is -1.12. The maximum atomic E-state index is 14.0. The molecule has 186 valence electrons. The zero-order valence-corrected chi connectivity index (χ0v) is 19.7. The van der Waals surface area contributed by atoms with Crippen molar-refractivity contribution in [2.24, 2.45) is 5.92 Å². The van der Waals surface area contributed by atoms with Crippen LogP contribution in [0.3, 0.4) is 0 Å². The number of ether oxygens (including phenoxy) is 1. The first-order valence-corrected chi connectivity index (χ1v) is 11.9. The van der Waals surface area contributed by atoms with Gasteiger partial charge in [-0.05, 0) is 79.8 Å². The number of rotatable bonds is 5. The molecule has 9 heteroatoms. The second-order valence-corrected chi connectivity index (χ2v) is 9.29. The van der Waals surface area contributed by atoms with Crippen LogP contribution in [0, 0.1) is 18.7 Å². The molecule has 3 amide bonds. The number of urea groups is 1. The number of halogens is 1. The lowest BCUT2D eigenvalue weighted by Gasteiger charge is -2.32. The number of carboxylic acids is 1. The molecule has 8 nitrogen and oxygen atoms in total. The van der Waals surface area contributed by atoms with Gasteiger partial charge in [0.1, 0.15) is 11.9 Å². The summed E-state index contributed by atoms with van der Waals surface area (Å²) in [6.07, 6.45) is 3.18. The van der Waals surface area contributed by atoms with Gasteiger partial charge >= 0.3 is 18.1 Å². The maximum absolute atomic E-state index is 14.0. The molecule has 0 aromatic heterocycles. The number of hydrogen-bond donors (Lipinski definition) is 3. The molecule has 0 atom stereocenters. The Morgan fingerprint density at radius 1 is 1.09 bits per heavy atom. The Morgan fingerprint density at radius 2 is 1.86 bits per heavy atom. The topological polar surface area (TPSA) is 108 Å². The molecule has 1 heterocycles. The van der Waals surface area contributed by atoms with E-state index in [1.807, 2.05) is 12.1 Å². The summed E-state index contributed by atoms with van der Waals surface area (Å²) in [6.45, 7) is 2.65. The molecule has 1 aliphatic carbocycles. The first-order chi connectivity index (χ1) is 16.8. The van der Waals surface area contributed by atoms with Gasteiger partial charge in [-0.25, -0.2) is 14.0 Å². The van der Waals surface area contributed by atoms with Gasteiger partial charge < -0.3 is 25.4 Å². The molecule has 0 radical (unpaired) electrons. The largest absolute Gasteiger partial charge is 0.481 e. The minimum Gasteiger partial charge on any atom is -0.481 e. The zero-order valence-electron chi connectivity index (χ0n) is 19.7. The minimum atomic E-state index is -0.781. The van der Waals surface area contributed by atoms with Gasteiger partial charge in [-0.15, -0.1) is 0 Å². The number of hydrogen-bond acceptors (Lipinski definition) is 4. The summed E-state index contributed by atoms with van der Waals surface area (Å²) in [5.41, 5.74) is 3.38. The summed E-state index contributed by atoms with van der Waals surface area (Å²) in [6, 6.07) is 9.57. The number of benzene rings is 2. The highest BCUT2D eigenvalue weighted by Crippen LogP contribution is 2.30. The SMILES string of the molecule is Cc1cccc(F)c1NC(=O)Nc1ccc2c(c1)CCN(C(=O)O[C@H]1CC[C@H](CC(=O)O)CC1)C2. The Hall–Kier alpha value is -3.62. The van der Waals surface area contributed by atoms with Gasteiger partial charge in [-0.3, -0.25) is 4.79 Å². The molecular weight excluding hydrogens is 453 g/mol. The van der Waals surface area contributed by atoms with Crippen molar-refractivity contribution in [2.45, 2.75) is 58.1 Å². The van der Waals surface area contributed by atoms with E-state index >= 15 is 0 Å².